The van der Waals surface area contributed by atoms with Crippen LogP contribution in [0.25, 0.3) is 10.9 Å². The molecule has 2 aliphatic rings. The fraction of sp³-hybridized carbons (Fsp3) is 0.444. The molecule has 5 rings (SSSR count). The summed E-state index contributed by atoms with van der Waals surface area (Å²) in [6, 6.07) is 12.7. The first-order valence-corrected chi connectivity index (χ1v) is 12.4. The van der Waals surface area contributed by atoms with Gasteiger partial charge in [-0.05, 0) is 43.7 Å². The molecule has 0 aliphatic carbocycles. The lowest BCUT2D eigenvalue weighted by Crippen LogP contribution is -2.55. The van der Waals surface area contributed by atoms with E-state index in [1.807, 2.05) is 29.2 Å². The van der Waals surface area contributed by atoms with E-state index in [2.05, 4.69) is 18.7 Å². The van der Waals surface area contributed by atoms with Crippen LogP contribution in [0.2, 0.25) is 0 Å². The number of fused-ring (bicyclic) bond motifs is 2. The summed E-state index contributed by atoms with van der Waals surface area (Å²) in [5.41, 5.74) is 1.25. The summed E-state index contributed by atoms with van der Waals surface area (Å²) < 4.78 is 17.9. The Balaban J connectivity index is 1.39. The zero-order chi connectivity index (χ0) is 25.2. The molecule has 1 fully saturated rings. The smallest absolute Gasteiger partial charge is 0.261 e. The van der Waals surface area contributed by atoms with Crippen molar-refractivity contribution in [3.63, 3.8) is 0 Å². The van der Waals surface area contributed by atoms with Gasteiger partial charge in [0.25, 0.3) is 11.5 Å². The average Bonchev–Trinajstić information content (AvgIpc) is 3.37. The van der Waals surface area contributed by atoms with Crippen molar-refractivity contribution in [1.29, 1.82) is 0 Å². The second kappa shape index (κ2) is 10.3. The third-order valence-electron chi connectivity index (χ3n) is 7.07. The topological polar surface area (TPSA) is 86.1 Å². The van der Waals surface area contributed by atoms with E-state index in [4.69, 9.17) is 19.2 Å². The number of piperazine rings is 1. The highest BCUT2D eigenvalue weighted by Crippen LogP contribution is 2.33. The van der Waals surface area contributed by atoms with Gasteiger partial charge in [0.2, 0.25) is 6.79 Å². The number of carbonyl (C=O) groups excluding carboxylic acids is 1. The van der Waals surface area contributed by atoms with E-state index in [0.717, 1.165) is 12.2 Å². The highest BCUT2D eigenvalue weighted by Gasteiger charge is 2.34. The maximum absolute atomic E-state index is 13.4. The van der Waals surface area contributed by atoms with Crippen LogP contribution in [0.3, 0.4) is 0 Å². The van der Waals surface area contributed by atoms with Gasteiger partial charge in [0.1, 0.15) is 5.82 Å². The molecule has 3 heterocycles. The molecule has 2 aromatic carbocycles. The molecule has 2 atom stereocenters. The Morgan fingerprint density at radius 2 is 1.97 bits per heavy atom. The van der Waals surface area contributed by atoms with Crippen LogP contribution in [0.5, 0.6) is 11.5 Å². The minimum absolute atomic E-state index is 0.00896. The van der Waals surface area contributed by atoms with E-state index in [1.54, 1.807) is 29.9 Å². The molecule has 3 aromatic rings. The van der Waals surface area contributed by atoms with Gasteiger partial charge in [-0.25, -0.2) is 4.98 Å². The molecule has 1 saturated heterocycles. The third kappa shape index (κ3) is 4.44. The van der Waals surface area contributed by atoms with Crippen LogP contribution in [-0.4, -0.2) is 71.4 Å². The molecule has 0 radical (unpaired) electrons. The first-order chi connectivity index (χ1) is 17.5. The van der Waals surface area contributed by atoms with Crippen LogP contribution in [0, 0.1) is 0 Å². The number of aromatic nitrogens is 2. The van der Waals surface area contributed by atoms with Crippen molar-refractivity contribution in [2.45, 2.75) is 38.9 Å². The van der Waals surface area contributed by atoms with Crippen molar-refractivity contribution in [2.24, 2.45) is 0 Å². The van der Waals surface area contributed by atoms with Gasteiger partial charge in [-0.1, -0.05) is 19.1 Å². The van der Waals surface area contributed by atoms with Crippen LogP contribution in [0.15, 0.2) is 47.3 Å². The summed E-state index contributed by atoms with van der Waals surface area (Å²) in [5, 5.41) is 0.611. The number of nitrogens with zero attached hydrogens (tertiary/aromatic N) is 4. The summed E-state index contributed by atoms with van der Waals surface area (Å²) in [4.78, 5) is 35.9. The second-order valence-corrected chi connectivity index (χ2v) is 9.27. The number of rotatable bonds is 7. The van der Waals surface area contributed by atoms with E-state index in [0.29, 0.717) is 60.8 Å². The van der Waals surface area contributed by atoms with Crippen molar-refractivity contribution in [3.05, 3.63) is 64.2 Å². The van der Waals surface area contributed by atoms with Crippen LogP contribution in [0.4, 0.5) is 0 Å². The lowest BCUT2D eigenvalue weighted by molar-refractivity contribution is 0.0358. The maximum atomic E-state index is 13.4. The normalized spacial score (nSPS) is 18.5. The summed E-state index contributed by atoms with van der Waals surface area (Å²) in [5.74, 6) is 2.00. The van der Waals surface area contributed by atoms with Gasteiger partial charge in [-0.3, -0.25) is 19.1 Å². The Bertz CT molecular complexity index is 1320. The number of amides is 1. The van der Waals surface area contributed by atoms with Crippen molar-refractivity contribution in [3.8, 4) is 11.5 Å². The van der Waals surface area contributed by atoms with Gasteiger partial charge in [0, 0.05) is 38.3 Å². The van der Waals surface area contributed by atoms with Crippen molar-refractivity contribution in [1.82, 2.24) is 19.4 Å². The van der Waals surface area contributed by atoms with Crippen molar-refractivity contribution >= 4 is 16.8 Å². The molecule has 2 aliphatic heterocycles. The second-order valence-electron chi connectivity index (χ2n) is 9.27. The number of ether oxygens (including phenoxy) is 3. The van der Waals surface area contributed by atoms with E-state index in [1.165, 1.54) is 0 Å². The minimum atomic E-state index is -0.0515. The molecule has 1 aromatic heterocycles. The Morgan fingerprint density at radius 3 is 2.75 bits per heavy atom. The fourth-order valence-corrected chi connectivity index (χ4v) is 5.21. The predicted octanol–water partition coefficient (Wildman–Crippen LogP) is 3.07. The molecule has 0 N–H and O–H groups in total. The van der Waals surface area contributed by atoms with Gasteiger partial charge in [0.15, 0.2) is 11.5 Å². The quantitative estimate of drug-likeness (QED) is 0.501. The monoisotopic (exact) mass is 492 g/mol. The zero-order valence-electron chi connectivity index (χ0n) is 21.0. The van der Waals surface area contributed by atoms with E-state index >= 15 is 0 Å². The molecular formula is C27H32N4O5. The standard InChI is InChI=1S/C27H32N4O5/c1-4-22(25-28-21-8-6-5-7-20(21)27(33)31(25)13-14-34-3)29-11-12-30(18(2)16-29)26(32)19-9-10-23-24(15-19)36-17-35-23/h5-10,15,18,22H,4,11-14,16-17H2,1-3H3. The van der Waals surface area contributed by atoms with Crippen LogP contribution in [0.1, 0.15) is 42.5 Å². The Kier molecular flexibility index (Phi) is 6.93. The molecule has 0 saturated carbocycles. The summed E-state index contributed by atoms with van der Waals surface area (Å²) >= 11 is 0. The van der Waals surface area contributed by atoms with Gasteiger partial charge < -0.3 is 19.1 Å². The van der Waals surface area contributed by atoms with E-state index < -0.39 is 0 Å². The van der Waals surface area contributed by atoms with Crippen LogP contribution in [-0.2, 0) is 11.3 Å². The lowest BCUT2D eigenvalue weighted by atomic mass is 10.1. The number of methoxy groups -OCH3 is 1. The van der Waals surface area contributed by atoms with Crippen molar-refractivity contribution in [2.75, 3.05) is 40.1 Å². The maximum Gasteiger partial charge on any atom is 0.261 e. The molecule has 0 spiro atoms. The number of para-hydroxylation sites is 1. The van der Waals surface area contributed by atoms with E-state index in [9.17, 15) is 9.59 Å². The zero-order valence-corrected chi connectivity index (χ0v) is 21.0. The van der Waals surface area contributed by atoms with Crippen LogP contribution >= 0.6 is 0 Å². The van der Waals surface area contributed by atoms with Gasteiger partial charge in [-0.2, -0.15) is 0 Å². The van der Waals surface area contributed by atoms with E-state index in [-0.39, 0.29) is 30.3 Å². The van der Waals surface area contributed by atoms with Gasteiger partial charge in [0.05, 0.1) is 30.1 Å². The Labute approximate surface area is 210 Å². The molecular weight excluding hydrogens is 460 g/mol. The predicted molar refractivity (Wildman–Crippen MR) is 136 cm³/mol. The minimum Gasteiger partial charge on any atom is -0.454 e. The third-order valence-corrected chi connectivity index (χ3v) is 7.07. The molecule has 9 nitrogen and oxygen atoms in total. The Morgan fingerprint density at radius 1 is 1.17 bits per heavy atom. The first-order valence-electron chi connectivity index (χ1n) is 12.4. The van der Waals surface area contributed by atoms with Crippen LogP contribution < -0.4 is 15.0 Å². The summed E-state index contributed by atoms with van der Waals surface area (Å²) in [6.07, 6.45) is 0.792. The fourth-order valence-electron chi connectivity index (χ4n) is 5.21. The average molecular weight is 493 g/mol. The summed E-state index contributed by atoms with van der Waals surface area (Å²) in [6.45, 7) is 7.18. The largest absolute Gasteiger partial charge is 0.454 e. The number of carbonyl (C=O) groups is 1. The highest BCUT2D eigenvalue weighted by molar-refractivity contribution is 5.95. The molecule has 190 valence electrons. The number of hydrogen-bond donors (Lipinski definition) is 0. The molecule has 9 heteroatoms. The molecule has 2 unspecified atom stereocenters. The SMILES string of the molecule is CCC(c1nc2ccccc2c(=O)n1CCOC)N1CCN(C(=O)c2ccc3c(c2)OCO3)C(C)C1. The van der Waals surface area contributed by atoms with Gasteiger partial charge >= 0.3 is 0 Å². The molecule has 0 bridgehead atoms. The van der Waals surface area contributed by atoms with Crippen molar-refractivity contribution < 1.29 is 19.0 Å². The number of hydrogen-bond acceptors (Lipinski definition) is 7. The first kappa shape index (κ1) is 24.3. The molecule has 1 amide bonds. The summed E-state index contributed by atoms with van der Waals surface area (Å²) in [7, 11) is 1.63. The molecule has 36 heavy (non-hydrogen) atoms. The Hall–Kier alpha value is -3.43. The van der Waals surface area contributed by atoms with Gasteiger partial charge in [-0.15, -0.1) is 0 Å². The highest BCUT2D eigenvalue weighted by atomic mass is 16.7. The number of benzene rings is 2. The lowest BCUT2D eigenvalue weighted by Gasteiger charge is -2.43.